The summed E-state index contributed by atoms with van der Waals surface area (Å²) in [4.78, 5) is 17.9. The van der Waals surface area contributed by atoms with Crippen LogP contribution in [0.3, 0.4) is 0 Å². The Labute approximate surface area is 167 Å². The highest BCUT2D eigenvalue weighted by Crippen LogP contribution is 2.26. The van der Waals surface area contributed by atoms with E-state index in [1.165, 1.54) is 0 Å². The SMILES string of the molecule is CCCN(CCO)c1nc(N2CCOCC2)nc2c1nnn2Cc1nc(C)no1. The van der Waals surface area contributed by atoms with Crippen molar-refractivity contribution in [2.24, 2.45) is 0 Å². The summed E-state index contributed by atoms with van der Waals surface area (Å²) >= 11 is 0. The molecule has 12 heteroatoms. The van der Waals surface area contributed by atoms with Crippen molar-refractivity contribution in [1.82, 2.24) is 35.1 Å². The van der Waals surface area contributed by atoms with Crippen LogP contribution in [-0.4, -0.2) is 86.2 Å². The van der Waals surface area contributed by atoms with Gasteiger partial charge in [0.2, 0.25) is 11.8 Å². The summed E-state index contributed by atoms with van der Waals surface area (Å²) in [6.07, 6.45) is 0.910. The van der Waals surface area contributed by atoms with Crippen LogP contribution in [0.2, 0.25) is 0 Å². The van der Waals surface area contributed by atoms with E-state index >= 15 is 0 Å². The van der Waals surface area contributed by atoms with E-state index in [1.54, 1.807) is 11.6 Å². The van der Waals surface area contributed by atoms with Crippen LogP contribution < -0.4 is 9.80 Å². The number of hydrogen-bond acceptors (Lipinski definition) is 11. The van der Waals surface area contributed by atoms with Gasteiger partial charge in [0.05, 0.1) is 19.8 Å². The molecular weight excluding hydrogens is 378 g/mol. The van der Waals surface area contributed by atoms with E-state index in [4.69, 9.17) is 19.2 Å². The van der Waals surface area contributed by atoms with E-state index in [1.807, 2.05) is 4.90 Å². The first-order chi connectivity index (χ1) is 14.2. The number of aryl methyl sites for hydroxylation is 1. The number of morpholine rings is 1. The van der Waals surface area contributed by atoms with Crippen molar-refractivity contribution in [3.63, 3.8) is 0 Å². The second-order valence-corrected chi connectivity index (χ2v) is 6.81. The van der Waals surface area contributed by atoms with Gasteiger partial charge in [0.1, 0.15) is 6.54 Å². The number of anilines is 2. The van der Waals surface area contributed by atoms with Gasteiger partial charge in [0.15, 0.2) is 22.8 Å². The summed E-state index contributed by atoms with van der Waals surface area (Å²) in [5.41, 5.74) is 1.17. The summed E-state index contributed by atoms with van der Waals surface area (Å²) in [5, 5.41) is 21.9. The van der Waals surface area contributed by atoms with Crippen molar-refractivity contribution >= 4 is 22.9 Å². The van der Waals surface area contributed by atoms with E-state index < -0.39 is 0 Å². The van der Waals surface area contributed by atoms with Crippen LogP contribution in [0.15, 0.2) is 4.52 Å². The second kappa shape index (κ2) is 8.66. The molecule has 4 heterocycles. The maximum absolute atomic E-state index is 9.54. The van der Waals surface area contributed by atoms with Crippen molar-refractivity contribution in [3.8, 4) is 0 Å². The van der Waals surface area contributed by atoms with Crippen molar-refractivity contribution in [2.75, 3.05) is 55.8 Å². The molecule has 1 fully saturated rings. The quantitative estimate of drug-likeness (QED) is 0.545. The van der Waals surface area contributed by atoms with E-state index in [-0.39, 0.29) is 13.2 Å². The zero-order valence-electron chi connectivity index (χ0n) is 16.7. The van der Waals surface area contributed by atoms with Gasteiger partial charge in [-0.05, 0) is 13.3 Å². The Balaban J connectivity index is 1.79. The van der Waals surface area contributed by atoms with Gasteiger partial charge in [-0.3, -0.25) is 0 Å². The van der Waals surface area contributed by atoms with Gasteiger partial charge in [0.25, 0.3) is 0 Å². The molecule has 0 aromatic carbocycles. The molecule has 4 rings (SSSR count). The lowest BCUT2D eigenvalue weighted by Gasteiger charge is -2.28. The molecule has 0 atom stereocenters. The monoisotopic (exact) mass is 403 g/mol. The molecule has 1 saturated heterocycles. The molecular formula is C17H25N9O3. The summed E-state index contributed by atoms with van der Waals surface area (Å²) in [7, 11) is 0. The molecule has 0 saturated carbocycles. The van der Waals surface area contributed by atoms with Gasteiger partial charge in [0, 0.05) is 26.2 Å². The molecule has 156 valence electrons. The van der Waals surface area contributed by atoms with Crippen molar-refractivity contribution in [1.29, 1.82) is 0 Å². The maximum Gasteiger partial charge on any atom is 0.248 e. The third-order valence-electron chi connectivity index (χ3n) is 4.64. The van der Waals surface area contributed by atoms with Crippen LogP contribution in [0.5, 0.6) is 0 Å². The number of nitrogens with zero attached hydrogens (tertiary/aromatic N) is 9. The number of ether oxygens (including phenoxy) is 1. The fourth-order valence-corrected chi connectivity index (χ4v) is 3.31. The summed E-state index contributed by atoms with van der Waals surface area (Å²) in [6.45, 7) is 8.02. The van der Waals surface area contributed by atoms with Gasteiger partial charge in [-0.1, -0.05) is 17.3 Å². The highest BCUT2D eigenvalue weighted by atomic mass is 16.5. The fraction of sp³-hybridized carbons (Fsp3) is 0.647. The van der Waals surface area contributed by atoms with Crippen molar-refractivity contribution < 1.29 is 14.4 Å². The third-order valence-corrected chi connectivity index (χ3v) is 4.64. The van der Waals surface area contributed by atoms with Crippen LogP contribution in [0.1, 0.15) is 25.1 Å². The molecule has 12 nitrogen and oxygen atoms in total. The Kier molecular flexibility index (Phi) is 5.81. The third kappa shape index (κ3) is 4.12. The van der Waals surface area contributed by atoms with E-state index in [2.05, 4.69) is 32.3 Å². The Bertz CT molecular complexity index is 945. The minimum Gasteiger partial charge on any atom is -0.395 e. The zero-order valence-corrected chi connectivity index (χ0v) is 16.7. The van der Waals surface area contributed by atoms with Crippen LogP contribution >= 0.6 is 0 Å². The average Bonchev–Trinajstić information content (AvgIpc) is 3.34. The molecule has 0 spiro atoms. The molecule has 0 bridgehead atoms. The molecule has 1 aliphatic rings. The Morgan fingerprint density at radius 3 is 2.66 bits per heavy atom. The van der Waals surface area contributed by atoms with E-state index in [9.17, 15) is 5.11 Å². The van der Waals surface area contributed by atoms with Crippen LogP contribution in [0.4, 0.5) is 11.8 Å². The Hall–Kier alpha value is -2.86. The molecule has 3 aromatic heterocycles. The van der Waals surface area contributed by atoms with Crippen molar-refractivity contribution in [2.45, 2.75) is 26.8 Å². The van der Waals surface area contributed by atoms with Gasteiger partial charge in [-0.25, -0.2) is 4.68 Å². The Morgan fingerprint density at radius 1 is 1.14 bits per heavy atom. The van der Waals surface area contributed by atoms with Gasteiger partial charge in [-0.15, -0.1) is 5.10 Å². The molecule has 0 radical (unpaired) electrons. The van der Waals surface area contributed by atoms with Crippen molar-refractivity contribution in [3.05, 3.63) is 11.7 Å². The molecule has 29 heavy (non-hydrogen) atoms. The standard InChI is InChI=1S/C17H25N9O3/c1-3-4-24(5-8-27)15-14-16(20-17(19-15)25-6-9-28-10-7-25)26(23-21-14)11-13-18-12(2)22-29-13/h27H,3-11H2,1-2H3. The van der Waals surface area contributed by atoms with Crippen LogP contribution in [0.25, 0.3) is 11.2 Å². The van der Waals surface area contributed by atoms with E-state index in [0.29, 0.717) is 67.5 Å². The molecule has 3 aromatic rings. The summed E-state index contributed by atoms with van der Waals surface area (Å²) in [6, 6.07) is 0. The summed E-state index contributed by atoms with van der Waals surface area (Å²) in [5.74, 6) is 2.26. The minimum absolute atomic E-state index is 0.0216. The molecule has 0 unspecified atom stereocenters. The number of aromatic nitrogens is 7. The lowest BCUT2D eigenvalue weighted by atomic mass is 10.3. The predicted octanol–water partition coefficient (Wildman–Crippen LogP) is 0.00632. The first kappa shape index (κ1) is 19.5. The van der Waals surface area contributed by atoms with E-state index in [0.717, 1.165) is 13.0 Å². The molecule has 0 aliphatic carbocycles. The van der Waals surface area contributed by atoms with Gasteiger partial charge in [-0.2, -0.15) is 15.0 Å². The Morgan fingerprint density at radius 2 is 1.97 bits per heavy atom. The number of aliphatic hydroxyl groups excluding tert-OH is 1. The predicted molar refractivity (Wildman–Crippen MR) is 104 cm³/mol. The normalized spacial score (nSPS) is 14.7. The molecule has 1 aliphatic heterocycles. The average molecular weight is 403 g/mol. The second-order valence-electron chi connectivity index (χ2n) is 6.81. The smallest absolute Gasteiger partial charge is 0.248 e. The minimum atomic E-state index is 0.0216. The molecule has 1 N–H and O–H groups in total. The first-order valence-corrected chi connectivity index (χ1v) is 9.78. The zero-order chi connectivity index (χ0) is 20.2. The number of fused-ring (bicyclic) bond motifs is 1. The van der Waals surface area contributed by atoms with Crippen LogP contribution in [-0.2, 0) is 11.3 Å². The molecule has 0 amide bonds. The lowest BCUT2D eigenvalue weighted by molar-refractivity contribution is 0.122. The number of rotatable bonds is 8. The number of hydrogen-bond donors (Lipinski definition) is 1. The topological polar surface area (TPSA) is 131 Å². The summed E-state index contributed by atoms with van der Waals surface area (Å²) < 4.78 is 12.3. The highest BCUT2D eigenvalue weighted by Gasteiger charge is 2.23. The highest BCUT2D eigenvalue weighted by molar-refractivity contribution is 5.84. The number of aliphatic hydroxyl groups is 1. The first-order valence-electron chi connectivity index (χ1n) is 9.78. The lowest BCUT2D eigenvalue weighted by Crippen LogP contribution is -2.38. The largest absolute Gasteiger partial charge is 0.395 e. The van der Waals surface area contributed by atoms with Crippen LogP contribution in [0, 0.1) is 6.92 Å². The maximum atomic E-state index is 9.54. The van der Waals surface area contributed by atoms with Gasteiger partial charge < -0.3 is 24.2 Å². The van der Waals surface area contributed by atoms with Gasteiger partial charge >= 0.3 is 0 Å². The fourth-order valence-electron chi connectivity index (χ4n) is 3.31.